The van der Waals surface area contributed by atoms with Gasteiger partial charge in [0.15, 0.2) is 6.29 Å². The molecule has 72 valence electrons. The van der Waals surface area contributed by atoms with Gasteiger partial charge in [-0.05, 0) is 6.92 Å². The number of hydrogen-bond donors (Lipinski definition) is 1. The smallest absolute Gasteiger partial charge is 0.185 e. The second-order valence-electron chi connectivity index (χ2n) is 3.05. The fraction of sp³-hybridized carbons (Fsp3) is 1.00. The van der Waals surface area contributed by atoms with Crippen molar-refractivity contribution >= 4 is 0 Å². The number of ether oxygens (including phenoxy) is 3. The van der Waals surface area contributed by atoms with E-state index in [2.05, 4.69) is 0 Å². The summed E-state index contributed by atoms with van der Waals surface area (Å²) in [7, 11) is 3.09. The summed E-state index contributed by atoms with van der Waals surface area (Å²) in [5, 5.41) is 9.57. The van der Waals surface area contributed by atoms with Crippen molar-refractivity contribution in [3.8, 4) is 0 Å². The summed E-state index contributed by atoms with van der Waals surface area (Å²) in [4.78, 5) is 0. The minimum Gasteiger partial charge on any atom is -0.385 e. The maximum Gasteiger partial charge on any atom is 0.185 e. The maximum absolute atomic E-state index is 9.57. The minimum atomic E-state index is -0.684. The van der Waals surface area contributed by atoms with Crippen LogP contribution < -0.4 is 0 Å². The molecule has 4 heteroatoms. The van der Waals surface area contributed by atoms with Crippen molar-refractivity contribution < 1.29 is 19.3 Å². The molecule has 1 aliphatic rings. The van der Waals surface area contributed by atoms with Gasteiger partial charge < -0.3 is 19.3 Å². The molecule has 0 amide bonds. The first-order valence-electron chi connectivity index (χ1n) is 4.08. The van der Waals surface area contributed by atoms with E-state index in [-0.39, 0.29) is 12.2 Å². The van der Waals surface area contributed by atoms with E-state index in [9.17, 15) is 5.11 Å². The third-order valence-electron chi connectivity index (χ3n) is 2.13. The van der Waals surface area contributed by atoms with Crippen LogP contribution in [0.2, 0.25) is 0 Å². The number of rotatable bonds is 2. The lowest BCUT2D eigenvalue weighted by molar-refractivity contribution is -0.258. The fourth-order valence-electron chi connectivity index (χ4n) is 1.44. The average molecular weight is 176 g/mol. The summed E-state index contributed by atoms with van der Waals surface area (Å²) in [5.74, 6) is 0. The first-order valence-corrected chi connectivity index (χ1v) is 4.08. The van der Waals surface area contributed by atoms with Crippen LogP contribution in [0.4, 0.5) is 0 Å². The van der Waals surface area contributed by atoms with Crippen molar-refractivity contribution in [3.63, 3.8) is 0 Å². The third-order valence-corrected chi connectivity index (χ3v) is 2.13. The average Bonchev–Trinajstić information content (AvgIpc) is 2.08. The van der Waals surface area contributed by atoms with Crippen LogP contribution in [0, 0.1) is 0 Å². The Kier molecular flexibility index (Phi) is 3.46. The van der Waals surface area contributed by atoms with Gasteiger partial charge in [0.25, 0.3) is 0 Å². The summed E-state index contributed by atoms with van der Waals surface area (Å²) in [6.45, 7) is 1.93. The molecular weight excluding hydrogens is 160 g/mol. The SMILES string of the molecule is COC1OC(C)C[C@@H](OC)[C@H]1O. The van der Waals surface area contributed by atoms with Crippen LogP contribution in [-0.4, -0.2) is 43.9 Å². The molecule has 0 aromatic rings. The lowest BCUT2D eigenvalue weighted by atomic mass is 10.0. The van der Waals surface area contributed by atoms with Gasteiger partial charge in [-0.3, -0.25) is 0 Å². The Labute approximate surface area is 72.4 Å². The normalized spacial score (nSPS) is 43.0. The number of aliphatic hydroxyl groups is 1. The van der Waals surface area contributed by atoms with Crippen LogP contribution in [0.5, 0.6) is 0 Å². The molecule has 4 atom stereocenters. The quantitative estimate of drug-likeness (QED) is 0.650. The Morgan fingerprint density at radius 3 is 2.50 bits per heavy atom. The van der Waals surface area contributed by atoms with E-state index in [4.69, 9.17) is 14.2 Å². The van der Waals surface area contributed by atoms with Gasteiger partial charge in [-0.2, -0.15) is 0 Å². The van der Waals surface area contributed by atoms with E-state index in [0.717, 1.165) is 0 Å². The molecule has 1 rings (SSSR count). The standard InChI is InChI=1S/C8H16O4/c1-5-4-6(10-2)7(9)8(11-3)12-5/h5-9H,4H2,1-3H3/t5?,6-,7-,8?/m1/s1. The monoisotopic (exact) mass is 176 g/mol. The van der Waals surface area contributed by atoms with Crippen molar-refractivity contribution in [1.82, 2.24) is 0 Å². The highest BCUT2D eigenvalue weighted by molar-refractivity contribution is 4.80. The van der Waals surface area contributed by atoms with E-state index < -0.39 is 12.4 Å². The molecule has 0 aromatic heterocycles. The third kappa shape index (κ3) is 1.95. The largest absolute Gasteiger partial charge is 0.385 e. The predicted octanol–water partition coefficient (Wildman–Crippen LogP) is 0.144. The van der Waals surface area contributed by atoms with E-state index in [1.54, 1.807) is 7.11 Å². The van der Waals surface area contributed by atoms with Crippen molar-refractivity contribution in [2.24, 2.45) is 0 Å². The van der Waals surface area contributed by atoms with Gasteiger partial charge in [0.1, 0.15) is 6.10 Å². The number of methoxy groups -OCH3 is 2. The molecule has 1 N–H and O–H groups in total. The van der Waals surface area contributed by atoms with Crippen LogP contribution in [0.25, 0.3) is 0 Å². The molecule has 1 saturated heterocycles. The predicted molar refractivity (Wildman–Crippen MR) is 42.8 cm³/mol. The molecule has 0 aliphatic carbocycles. The summed E-state index contributed by atoms with van der Waals surface area (Å²) < 4.78 is 15.4. The molecule has 0 saturated carbocycles. The first-order chi connectivity index (χ1) is 5.69. The molecule has 1 heterocycles. The molecule has 0 spiro atoms. The summed E-state index contributed by atoms with van der Waals surface area (Å²) in [6.07, 6.45) is -0.644. The second-order valence-corrected chi connectivity index (χ2v) is 3.05. The van der Waals surface area contributed by atoms with Gasteiger partial charge in [0.05, 0.1) is 12.2 Å². The van der Waals surface area contributed by atoms with Crippen molar-refractivity contribution in [3.05, 3.63) is 0 Å². The zero-order valence-electron chi connectivity index (χ0n) is 7.69. The molecule has 12 heavy (non-hydrogen) atoms. The van der Waals surface area contributed by atoms with Gasteiger partial charge >= 0.3 is 0 Å². The van der Waals surface area contributed by atoms with Crippen LogP contribution in [0.15, 0.2) is 0 Å². The molecule has 0 radical (unpaired) electrons. The van der Waals surface area contributed by atoms with Crippen molar-refractivity contribution in [1.29, 1.82) is 0 Å². The highest BCUT2D eigenvalue weighted by atomic mass is 16.7. The zero-order valence-corrected chi connectivity index (χ0v) is 7.69. The zero-order chi connectivity index (χ0) is 9.14. The minimum absolute atomic E-state index is 0.0725. The molecule has 1 fully saturated rings. The molecule has 2 unspecified atom stereocenters. The Bertz CT molecular complexity index is 125. The summed E-state index contributed by atoms with van der Waals surface area (Å²) >= 11 is 0. The van der Waals surface area contributed by atoms with E-state index in [0.29, 0.717) is 6.42 Å². The Morgan fingerprint density at radius 1 is 1.33 bits per heavy atom. The number of hydrogen-bond acceptors (Lipinski definition) is 4. The number of aliphatic hydroxyl groups excluding tert-OH is 1. The Hall–Kier alpha value is -0.160. The topological polar surface area (TPSA) is 47.9 Å². The van der Waals surface area contributed by atoms with Crippen molar-refractivity contribution in [2.45, 2.75) is 37.9 Å². The van der Waals surface area contributed by atoms with Crippen LogP contribution >= 0.6 is 0 Å². The summed E-state index contributed by atoms with van der Waals surface area (Å²) in [5.41, 5.74) is 0. The summed E-state index contributed by atoms with van der Waals surface area (Å²) in [6, 6.07) is 0. The lowest BCUT2D eigenvalue weighted by Gasteiger charge is -2.36. The van der Waals surface area contributed by atoms with Gasteiger partial charge in [-0.1, -0.05) is 0 Å². The molecule has 0 bridgehead atoms. The van der Waals surface area contributed by atoms with Crippen LogP contribution in [0.3, 0.4) is 0 Å². The van der Waals surface area contributed by atoms with E-state index in [1.807, 2.05) is 6.92 Å². The Morgan fingerprint density at radius 2 is 2.00 bits per heavy atom. The van der Waals surface area contributed by atoms with E-state index in [1.165, 1.54) is 7.11 Å². The maximum atomic E-state index is 9.57. The van der Waals surface area contributed by atoms with Gasteiger partial charge in [0.2, 0.25) is 0 Å². The van der Waals surface area contributed by atoms with Crippen LogP contribution in [0.1, 0.15) is 13.3 Å². The van der Waals surface area contributed by atoms with Gasteiger partial charge in [-0.15, -0.1) is 0 Å². The fourth-order valence-corrected chi connectivity index (χ4v) is 1.44. The molecule has 0 aromatic carbocycles. The molecular formula is C8H16O4. The Balaban J connectivity index is 2.55. The van der Waals surface area contributed by atoms with Gasteiger partial charge in [-0.25, -0.2) is 0 Å². The van der Waals surface area contributed by atoms with E-state index >= 15 is 0 Å². The first kappa shape index (κ1) is 9.92. The highest BCUT2D eigenvalue weighted by Crippen LogP contribution is 2.22. The van der Waals surface area contributed by atoms with Crippen LogP contribution in [-0.2, 0) is 14.2 Å². The second kappa shape index (κ2) is 4.18. The molecule has 4 nitrogen and oxygen atoms in total. The van der Waals surface area contributed by atoms with Crippen molar-refractivity contribution in [2.75, 3.05) is 14.2 Å². The van der Waals surface area contributed by atoms with Gasteiger partial charge in [0, 0.05) is 20.6 Å². The lowest BCUT2D eigenvalue weighted by Crippen LogP contribution is -2.49. The molecule has 1 aliphatic heterocycles. The highest BCUT2D eigenvalue weighted by Gasteiger charge is 2.36.